The minimum absolute atomic E-state index is 0.195. The largest absolute Gasteiger partial charge is 0.396 e. The van der Waals surface area contributed by atoms with Crippen molar-refractivity contribution in [2.24, 2.45) is 5.10 Å². The SMILES string of the molecule is OCCCCc1nc(CN/N=C/c2c[nH]c3ccccc23)nc(N2CCCCC2)n1. The molecular formula is C22H29N7O. The van der Waals surface area contributed by atoms with E-state index in [1.165, 1.54) is 19.3 Å². The number of hydrazone groups is 1. The van der Waals surface area contributed by atoms with Crippen LogP contribution in [0.15, 0.2) is 35.6 Å². The number of aromatic amines is 1. The second-order valence-corrected chi connectivity index (χ2v) is 7.58. The van der Waals surface area contributed by atoms with Crippen LogP contribution < -0.4 is 10.3 Å². The van der Waals surface area contributed by atoms with E-state index in [1.54, 1.807) is 0 Å². The van der Waals surface area contributed by atoms with Gasteiger partial charge in [-0.05, 0) is 38.2 Å². The molecule has 0 bridgehead atoms. The molecule has 1 aliphatic rings. The van der Waals surface area contributed by atoms with Crippen molar-refractivity contribution in [2.75, 3.05) is 24.6 Å². The number of unbranched alkanes of at least 4 members (excludes halogenated alkanes) is 1. The summed E-state index contributed by atoms with van der Waals surface area (Å²) >= 11 is 0. The van der Waals surface area contributed by atoms with E-state index in [4.69, 9.17) is 5.11 Å². The Morgan fingerprint density at radius 3 is 2.77 bits per heavy atom. The van der Waals surface area contributed by atoms with Gasteiger partial charge in [-0.2, -0.15) is 15.1 Å². The van der Waals surface area contributed by atoms with Crippen LogP contribution in [0, 0.1) is 0 Å². The number of nitrogens with one attached hydrogen (secondary N) is 2. The van der Waals surface area contributed by atoms with Gasteiger partial charge in [0.05, 0.1) is 12.8 Å². The Balaban J connectivity index is 1.44. The lowest BCUT2D eigenvalue weighted by Crippen LogP contribution is -2.32. The molecule has 3 aromatic rings. The predicted molar refractivity (Wildman–Crippen MR) is 119 cm³/mol. The number of aromatic nitrogens is 4. The molecule has 30 heavy (non-hydrogen) atoms. The van der Waals surface area contributed by atoms with Crippen molar-refractivity contribution in [1.29, 1.82) is 0 Å². The molecule has 1 fully saturated rings. The third-order valence-electron chi connectivity index (χ3n) is 5.32. The third-order valence-corrected chi connectivity index (χ3v) is 5.32. The van der Waals surface area contributed by atoms with E-state index in [0.29, 0.717) is 12.4 Å². The number of nitrogens with zero attached hydrogens (tertiary/aromatic N) is 5. The molecule has 0 spiro atoms. The molecule has 2 aromatic heterocycles. The van der Waals surface area contributed by atoms with Crippen molar-refractivity contribution >= 4 is 23.1 Å². The van der Waals surface area contributed by atoms with E-state index in [9.17, 15) is 0 Å². The van der Waals surface area contributed by atoms with Gasteiger partial charge in [0.1, 0.15) is 5.82 Å². The number of fused-ring (bicyclic) bond motifs is 1. The van der Waals surface area contributed by atoms with Crippen LogP contribution in [0.4, 0.5) is 5.95 Å². The fraction of sp³-hybridized carbons (Fsp3) is 0.455. The number of aliphatic hydroxyl groups excluding tert-OH is 1. The van der Waals surface area contributed by atoms with Crippen LogP contribution in [-0.4, -0.2) is 51.0 Å². The molecule has 0 amide bonds. The maximum absolute atomic E-state index is 9.06. The van der Waals surface area contributed by atoms with Gasteiger partial charge in [0.2, 0.25) is 5.95 Å². The molecule has 3 heterocycles. The number of hydrogen-bond acceptors (Lipinski definition) is 7. The Hall–Kier alpha value is -3.00. The van der Waals surface area contributed by atoms with Gasteiger partial charge in [-0.1, -0.05) is 18.2 Å². The highest BCUT2D eigenvalue weighted by atomic mass is 16.2. The van der Waals surface area contributed by atoms with Crippen molar-refractivity contribution in [1.82, 2.24) is 25.4 Å². The molecule has 8 heteroatoms. The number of aliphatic hydroxyl groups is 1. The summed E-state index contributed by atoms with van der Waals surface area (Å²) in [5.74, 6) is 2.25. The molecule has 0 unspecified atom stereocenters. The van der Waals surface area contributed by atoms with Crippen molar-refractivity contribution in [3.05, 3.63) is 47.7 Å². The zero-order chi connectivity index (χ0) is 20.6. The number of hydrogen-bond donors (Lipinski definition) is 3. The lowest BCUT2D eigenvalue weighted by molar-refractivity contribution is 0.284. The van der Waals surface area contributed by atoms with Gasteiger partial charge in [0, 0.05) is 48.8 Å². The molecule has 3 N–H and O–H groups in total. The number of H-pyrrole nitrogens is 1. The topological polar surface area (TPSA) is 102 Å². The quantitative estimate of drug-likeness (QED) is 0.286. The number of anilines is 1. The molecular weight excluding hydrogens is 378 g/mol. The number of para-hydroxylation sites is 1. The Morgan fingerprint density at radius 2 is 1.90 bits per heavy atom. The zero-order valence-corrected chi connectivity index (χ0v) is 17.2. The van der Waals surface area contributed by atoms with Crippen molar-refractivity contribution < 1.29 is 5.11 Å². The first kappa shape index (κ1) is 20.3. The summed E-state index contributed by atoms with van der Waals surface area (Å²) in [6.45, 7) is 2.62. The van der Waals surface area contributed by atoms with Crippen LogP contribution in [0.5, 0.6) is 0 Å². The molecule has 0 aliphatic carbocycles. The number of aryl methyl sites for hydroxylation is 1. The number of rotatable bonds is 9. The summed E-state index contributed by atoms with van der Waals surface area (Å²) < 4.78 is 0. The van der Waals surface area contributed by atoms with Gasteiger partial charge >= 0.3 is 0 Å². The summed E-state index contributed by atoms with van der Waals surface area (Å²) in [5, 5.41) is 14.6. The van der Waals surface area contributed by atoms with E-state index in [2.05, 4.69) is 41.4 Å². The van der Waals surface area contributed by atoms with E-state index in [-0.39, 0.29) is 6.61 Å². The summed E-state index contributed by atoms with van der Waals surface area (Å²) in [6, 6.07) is 8.15. The fourth-order valence-electron chi connectivity index (χ4n) is 3.71. The van der Waals surface area contributed by atoms with Gasteiger partial charge < -0.3 is 20.4 Å². The summed E-state index contributed by atoms with van der Waals surface area (Å²) in [7, 11) is 0. The minimum Gasteiger partial charge on any atom is -0.396 e. The van der Waals surface area contributed by atoms with Gasteiger partial charge in [-0.3, -0.25) is 0 Å². The van der Waals surface area contributed by atoms with Crippen molar-refractivity contribution in [2.45, 2.75) is 45.1 Å². The highest BCUT2D eigenvalue weighted by Gasteiger charge is 2.16. The summed E-state index contributed by atoms with van der Waals surface area (Å²) in [5.41, 5.74) is 5.20. The van der Waals surface area contributed by atoms with E-state index in [1.807, 2.05) is 30.6 Å². The summed E-state index contributed by atoms with van der Waals surface area (Å²) in [6.07, 6.45) is 9.75. The van der Waals surface area contributed by atoms with E-state index >= 15 is 0 Å². The molecule has 8 nitrogen and oxygen atoms in total. The van der Waals surface area contributed by atoms with Gasteiger partial charge in [0.15, 0.2) is 5.82 Å². The van der Waals surface area contributed by atoms with E-state index < -0.39 is 0 Å². The van der Waals surface area contributed by atoms with Crippen LogP contribution in [0.25, 0.3) is 10.9 Å². The Morgan fingerprint density at radius 1 is 1.07 bits per heavy atom. The number of benzene rings is 1. The van der Waals surface area contributed by atoms with Gasteiger partial charge in [-0.15, -0.1) is 0 Å². The fourth-order valence-corrected chi connectivity index (χ4v) is 3.71. The monoisotopic (exact) mass is 407 g/mol. The van der Waals surface area contributed by atoms with Crippen molar-refractivity contribution in [3.63, 3.8) is 0 Å². The van der Waals surface area contributed by atoms with Crippen LogP contribution in [-0.2, 0) is 13.0 Å². The first-order chi connectivity index (χ1) is 14.8. The Bertz CT molecular complexity index is 979. The van der Waals surface area contributed by atoms with Gasteiger partial charge in [-0.25, -0.2) is 4.98 Å². The maximum Gasteiger partial charge on any atom is 0.228 e. The Kier molecular flexibility index (Phi) is 6.87. The average molecular weight is 408 g/mol. The highest BCUT2D eigenvalue weighted by molar-refractivity contribution is 5.98. The standard InChI is InChI=1S/C22H29N7O/c30-13-7-4-10-20-26-21(28-22(27-20)29-11-5-1-6-12-29)16-25-24-15-17-14-23-19-9-3-2-8-18(17)19/h2-3,8-9,14-15,23,25,30H,1,4-7,10-13,16H2/b24-15+. The summed E-state index contributed by atoms with van der Waals surface area (Å²) in [4.78, 5) is 19.5. The highest BCUT2D eigenvalue weighted by Crippen LogP contribution is 2.17. The van der Waals surface area contributed by atoms with E-state index in [0.717, 1.165) is 60.6 Å². The second-order valence-electron chi connectivity index (χ2n) is 7.58. The molecule has 1 saturated heterocycles. The number of piperidine rings is 1. The predicted octanol–water partition coefficient (Wildman–Crippen LogP) is 2.78. The van der Waals surface area contributed by atoms with Crippen LogP contribution >= 0.6 is 0 Å². The first-order valence-electron chi connectivity index (χ1n) is 10.7. The zero-order valence-electron chi connectivity index (χ0n) is 17.2. The molecule has 4 rings (SSSR count). The molecule has 1 aromatic carbocycles. The lowest BCUT2D eigenvalue weighted by atomic mass is 10.1. The second kappa shape index (κ2) is 10.2. The van der Waals surface area contributed by atoms with Crippen LogP contribution in [0.1, 0.15) is 49.3 Å². The smallest absolute Gasteiger partial charge is 0.228 e. The maximum atomic E-state index is 9.06. The molecule has 0 saturated carbocycles. The third kappa shape index (κ3) is 5.13. The average Bonchev–Trinajstić information content (AvgIpc) is 3.21. The lowest BCUT2D eigenvalue weighted by Gasteiger charge is -2.27. The molecule has 158 valence electrons. The molecule has 0 radical (unpaired) electrons. The normalized spacial score (nSPS) is 14.6. The molecule has 1 aliphatic heterocycles. The van der Waals surface area contributed by atoms with Crippen molar-refractivity contribution in [3.8, 4) is 0 Å². The van der Waals surface area contributed by atoms with Crippen LogP contribution in [0.2, 0.25) is 0 Å². The Labute approximate surface area is 176 Å². The minimum atomic E-state index is 0.195. The van der Waals surface area contributed by atoms with Crippen LogP contribution in [0.3, 0.4) is 0 Å². The first-order valence-corrected chi connectivity index (χ1v) is 10.7. The molecule has 0 atom stereocenters. The van der Waals surface area contributed by atoms with Gasteiger partial charge in [0.25, 0.3) is 0 Å².